The lowest BCUT2D eigenvalue weighted by molar-refractivity contribution is -0.141. The average molecular weight is 369 g/mol. The van der Waals surface area contributed by atoms with Crippen LogP contribution in [0.15, 0.2) is 6.07 Å². The van der Waals surface area contributed by atoms with Crippen molar-refractivity contribution in [2.75, 3.05) is 0 Å². The molecular weight excluding hydrogens is 343 g/mol. The first-order valence-electron chi connectivity index (χ1n) is 9.75. The zero-order valence-corrected chi connectivity index (χ0v) is 15.1. The predicted octanol–water partition coefficient (Wildman–Crippen LogP) is 4.11. The normalized spacial score (nSPS) is 29.2. The first kappa shape index (κ1) is 17.9. The number of halogens is 3. The Kier molecular flexibility index (Phi) is 4.51. The second-order valence-electron chi connectivity index (χ2n) is 8.39. The van der Waals surface area contributed by atoms with Crippen molar-refractivity contribution in [3.05, 3.63) is 17.5 Å². The van der Waals surface area contributed by atoms with Crippen LogP contribution in [0.4, 0.5) is 13.2 Å². The summed E-state index contributed by atoms with van der Waals surface area (Å²) in [5, 5.41) is 6.79. The molecule has 3 aliphatic carbocycles. The van der Waals surface area contributed by atoms with Gasteiger partial charge in [-0.15, -0.1) is 0 Å². The van der Waals surface area contributed by atoms with Gasteiger partial charge in [0.05, 0.1) is 0 Å². The topological polar surface area (TPSA) is 46.9 Å². The van der Waals surface area contributed by atoms with E-state index in [-0.39, 0.29) is 30.8 Å². The maximum atomic E-state index is 12.9. The molecule has 0 radical (unpaired) electrons. The molecule has 1 aromatic rings. The lowest BCUT2D eigenvalue weighted by atomic mass is 9.84. The minimum absolute atomic E-state index is 0.0916. The van der Waals surface area contributed by atoms with Crippen molar-refractivity contribution in [2.45, 2.75) is 76.6 Å². The summed E-state index contributed by atoms with van der Waals surface area (Å²) < 4.78 is 40.2. The molecular formula is C19H26F3N3O. The van der Waals surface area contributed by atoms with Crippen LogP contribution in [0.2, 0.25) is 0 Å². The third-order valence-corrected chi connectivity index (χ3v) is 6.47. The lowest BCUT2D eigenvalue weighted by Gasteiger charge is -2.28. The van der Waals surface area contributed by atoms with Crippen molar-refractivity contribution in [2.24, 2.45) is 17.8 Å². The van der Waals surface area contributed by atoms with Crippen molar-refractivity contribution in [3.63, 3.8) is 0 Å². The Hall–Kier alpha value is -1.53. The summed E-state index contributed by atoms with van der Waals surface area (Å²) in [6.45, 7) is 2.27. The molecule has 7 heteroatoms. The highest BCUT2D eigenvalue weighted by molar-refractivity contribution is 5.76. The van der Waals surface area contributed by atoms with Crippen LogP contribution in [-0.4, -0.2) is 21.7 Å². The fraction of sp³-hybridized carbons (Fsp3) is 0.789. The second kappa shape index (κ2) is 6.57. The first-order valence-corrected chi connectivity index (χ1v) is 9.75. The third-order valence-electron chi connectivity index (χ3n) is 6.47. The van der Waals surface area contributed by atoms with Crippen LogP contribution in [-0.2, 0) is 17.5 Å². The number of aromatic nitrogens is 2. The van der Waals surface area contributed by atoms with E-state index in [0.29, 0.717) is 11.6 Å². The molecule has 3 aliphatic rings. The van der Waals surface area contributed by atoms with E-state index in [1.807, 2.05) is 0 Å². The van der Waals surface area contributed by atoms with Gasteiger partial charge in [-0.1, -0.05) is 6.42 Å². The summed E-state index contributed by atoms with van der Waals surface area (Å²) in [6.07, 6.45) is 2.62. The molecule has 1 aromatic heterocycles. The summed E-state index contributed by atoms with van der Waals surface area (Å²) in [5.41, 5.74) is -0.235. The number of aryl methyl sites for hydroxylation is 1. The zero-order valence-electron chi connectivity index (χ0n) is 15.1. The summed E-state index contributed by atoms with van der Waals surface area (Å²) in [6, 6.07) is 1.29. The van der Waals surface area contributed by atoms with Crippen molar-refractivity contribution in [1.29, 1.82) is 0 Å². The number of carbonyl (C=O) groups excluding carboxylic acids is 1. The highest BCUT2D eigenvalue weighted by atomic mass is 19.4. The molecule has 2 bridgehead atoms. The summed E-state index contributed by atoms with van der Waals surface area (Å²) in [7, 11) is 0. The molecule has 0 aliphatic heterocycles. The van der Waals surface area contributed by atoms with Gasteiger partial charge in [0, 0.05) is 30.6 Å². The molecule has 0 saturated heterocycles. The van der Waals surface area contributed by atoms with Crippen molar-refractivity contribution < 1.29 is 18.0 Å². The fourth-order valence-corrected chi connectivity index (χ4v) is 5.00. The molecule has 3 fully saturated rings. The number of hydrogen-bond acceptors (Lipinski definition) is 2. The van der Waals surface area contributed by atoms with E-state index in [9.17, 15) is 18.0 Å². The van der Waals surface area contributed by atoms with Crippen LogP contribution in [0.3, 0.4) is 0 Å². The third kappa shape index (κ3) is 3.62. The number of nitrogens with one attached hydrogen (secondary N) is 1. The minimum Gasteiger partial charge on any atom is -0.353 e. The van der Waals surface area contributed by atoms with Gasteiger partial charge in [-0.05, 0) is 62.8 Å². The van der Waals surface area contributed by atoms with Crippen molar-refractivity contribution in [3.8, 4) is 0 Å². The van der Waals surface area contributed by atoms with Gasteiger partial charge < -0.3 is 5.32 Å². The highest BCUT2D eigenvalue weighted by Crippen LogP contribution is 2.49. The number of fused-ring (bicyclic) bond motifs is 2. The van der Waals surface area contributed by atoms with E-state index < -0.39 is 11.9 Å². The van der Waals surface area contributed by atoms with Crippen LogP contribution < -0.4 is 5.32 Å². The zero-order chi connectivity index (χ0) is 18.5. The van der Waals surface area contributed by atoms with Gasteiger partial charge in [0.15, 0.2) is 5.69 Å². The Labute approximate surface area is 151 Å². The number of nitrogens with zero attached hydrogens (tertiary/aromatic N) is 2. The average Bonchev–Trinajstić information content (AvgIpc) is 3.01. The van der Waals surface area contributed by atoms with Gasteiger partial charge >= 0.3 is 6.18 Å². The van der Waals surface area contributed by atoms with Gasteiger partial charge in [-0.25, -0.2) is 0 Å². The smallest absolute Gasteiger partial charge is 0.353 e. The number of hydrogen-bond donors (Lipinski definition) is 1. The molecule has 0 aromatic carbocycles. The maximum absolute atomic E-state index is 12.9. The number of rotatable bonds is 6. The number of carbonyl (C=O) groups is 1. The van der Waals surface area contributed by atoms with Gasteiger partial charge in [-0.2, -0.15) is 18.3 Å². The van der Waals surface area contributed by atoms with E-state index in [1.54, 1.807) is 0 Å². The quantitative estimate of drug-likeness (QED) is 0.820. The van der Waals surface area contributed by atoms with Crippen LogP contribution in [0.5, 0.6) is 0 Å². The van der Waals surface area contributed by atoms with Crippen LogP contribution in [0, 0.1) is 17.8 Å². The standard InChI is InChI=1S/C19H26F3N3O/c1-11(15-9-12-2-3-14(15)8-12)23-18(26)6-7-25-16(13-4-5-13)10-17(24-25)19(20,21)22/h10-15H,2-9H2,1H3,(H,23,26). The van der Waals surface area contributed by atoms with Gasteiger partial charge in [0.1, 0.15) is 0 Å². The van der Waals surface area contributed by atoms with E-state index in [1.165, 1.54) is 30.4 Å². The molecule has 144 valence electrons. The fourth-order valence-electron chi connectivity index (χ4n) is 5.00. The van der Waals surface area contributed by atoms with E-state index in [2.05, 4.69) is 17.3 Å². The Morgan fingerprint density at radius 1 is 1.31 bits per heavy atom. The molecule has 3 saturated carbocycles. The second-order valence-corrected chi connectivity index (χ2v) is 8.39. The summed E-state index contributed by atoms with van der Waals surface area (Å²) in [5.74, 6) is 2.19. The Bertz CT molecular complexity index is 680. The SMILES string of the molecule is CC(NC(=O)CCn1nc(C(F)(F)F)cc1C1CC1)C1CC2CCC1C2. The first-order chi connectivity index (χ1) is 12.3. The van der Waals surface area contributed by atoms with Crippen molar-refractivity contribution in [1.82, 2.24) is 15.1 Å². The molecule has 4 unspecified atom stereocenters. The Balaban J connectivity index is 1.33. The molecule has 26 heavy (non-hydrogen) atoms. The van der Waals surface area contributed by atoms with Crippen LogP contribution >= 0.6 is 0 Å². The molecule has 4 rings (SSSR count). The van der Waals surface area contributed by atoms with Crippen LogP contribution in [0.25, 0.3) is 0 Å². The lowest BCUT2D eigenvalue weighted by Crippen LogP contribution is -2.40. The largest absolute Gasteiger partial charge is 0.435 e. The van der Waals surface area contributed by atoms with Gasteiger partial charge in [0.2, 0.25) is 5.91 Å². The van der Waals surface area contributed by atoms with Gasteiger partial charge in [-0.3, -0.25) is 9.48 Å². The molecule has 1 amide bonds. The molecule has 0 spiro atoms. The summed E-state index contributed by atoms with van der Waals surface area (Å²) in [4.78, 5) is 12.3. The number of alkyl halides is 3. The van der Waals surface area contributed by atoms with E-state index in [0.717, 1.165) is 30.7 Å². The molecule has 4 atom stereocenters. The Morgan fingerprint density at radius 2 is 2.08 bits per heavy atom. The Morgan fingerprint density at radius 3 is 2.65 bits per heavy atom. The summed E-state index contributed by atoms with van der Waals surface area (Å²) >= 11 is 0. The monoisotopic (exact) mass is 369 g/mol. The molecule has 4 nitrogen and oxygen atoms in total. The van der Waals surface area contributed by atoms with E-state index >= 15 is 0 Å². The van der Waals surface area contributed by atoms with Crippen molar-refractivity contribution >= 4 is 5.91 Å². The molecule has 1 N–H and O–H groups in total. The minimum atomic E-state index is -4.44. The molecule has 1 heterocycles. The highest BCUT2D eigenvalue weighted by Gasteiger charge is 2.42. The predicted molar refractivity (Wildman–Crippen MR) is 90.4 cm³/mol. The maximum Gasteiger partial charge on any atom is 0.435 e. The number of amides is 1. The van der Waals surface area contributed by atoms with Gasteiger partial charge in [0.25, 0.3) is 0 Å². The van der Waals surface area contributed by atoms with E-state index in [4.69, 9.17) is 0 Å². The van der Waals surface area contributed by atoms with Crippen LogP contribution in [0.1, 0.15) is 69.2 Å².